The minimum absolute atomic E-state index is 0.106. The molecule has 0 radical (unpaired) electrons. The molecule has 3 heteroatoms. The van der Waals surface area contributed by atoms with Gasteiger partial charge in [-0.2, -0.15) is 0 Å². The first-order chi connectivity index (χ1) is 8.24. The summed E-state index contributed by atoms with van der Waals surface area (Å²) in [4.78, 5) is 11.8. The molecule has 0 atom stereocenters. The molecule has 0 saturated heterocycles. The first-order valence-corrected chi connectivity index (χ1v) is 5.66. The molecule has 2 aromatic rings. The molecule has 17 heavy (non-hydrogen) atoms. The fraction of sp³-hybridized carbons (Fsp3) is 0.214. The molecule has 3 nitrogen and oxygen atoms in total. The van der Waals surface area contributed by atoms with E-state index in [-0.39, 0.29) is 12.2 Å². The largest absolute Gasteiger partial charge is 0.392 e. The molecule has 0 bridgehead atoms. The van der Waals surface area contributed by atoms with E-state index in [9.17, 15) is 4.79 Å². The highest BCUT2D eigenvalue weighted by molar-refractivity contribution is 5.35. The Morgan fingerprint density at radius 1 is 1.12 bits per heavy atom. The van der Waals surface area contributed by atoms with E-state index >= 15 is 0 Å². The summed E-state index contributed by atoms with van der Waals surface area (Å²) in [6.07, 6.45) is 2.67. The summed E-state index contributed by atoms with van der Waals surface area (Å²) in [5.41, 5.74) is 2.60. The maximum atomic E-state index is 11.8. The van der Waals surface area contributed by atoms with Gasteiger partial charge in [0.1, 0.15) is 0 Å². The Hall–Kier alpha value is -1.87. The van der Waals surface area contributed by atoms with Crippen molar-refractivity contribution in [3.63, 3.8) is 0 Å². The summed E-state index contributed by atoms with van der Waals surface area (Å²) in [7, 11) is 0. The van der Waals surface area contributed by atoms with E-state index in [1.54, 1.807) is 16.8 Å². The van der Waals surface area contributed by atoms with E-state index in [1.807, 2.05) is 24.3 Å². The summed E-state index contributed by atoms with van der Waals surface area (Å²) in [5.74, 6) is 0. The maximum Gasteiger partial charge on any atom is 0.255 e. The highest BCUT2D eigenvalue weighted by Gasteiger charge is 2.00. The maximum absolute atomic E-state index is 11.8. The van der Waals surface area contributed by atoms with Crippen LogP contribution in [-0.2, 0) is 13.0 Å². The highest BCUT2D eigenvalue weighted by Crippen LogP contribution is 2.08. The van der Waals surface area contributed by atoms with Crippen LogP contribution in [0.1, 0.15) is 18.1 Å². The molecular formula is C14H15NO2. The molecule has 0 saturated carbocycles. The second-order valence-corrected chi connectivity index (χ2v) is 3.92. The van der Waals surface area contributed by atoms with Crippen molar-refractivity contribution in [2.24, 2.45) is 0 Å². The van der Waals surface area contributed by atoms with Gasteiger partial charge in [-0.15, -0.1) is 0 Å². The number of aromatic nitrogens is 1. The number of hydrogen-bond donors (Lipinski definition) is 1. The van der Waals surface area contributed by atoms with E-state index in [0.717, 1.165) is 12.1 Å². The molecule has 0 fully saturated rings. The van der Waals surface area contributed by atoms with Gasteiger partial charge in [0, 0.05) is 18.0 Å². The number of benzene rings is 1. The van der Waals surface area contributed by atoms with Crippen molar-refractivity contribution in [3.8, 4) is 5.69 Å². The fourth-order valence-electron chi connectivity index (χ4n) is 1.72. The van der Waals surface area contributed by atoms with Crippen molar-refractivity contribution in [3.05, 3.63) is 64.1 Å². The van der Waals surface area contributed by atoms with Crippen LogP contribution in [0.3, 0.4) is 0 Å². The third-order valence-corrected chi connectivity index (χ3v) is 2.79. The van der Waals surface area contributed by atoms with Crippen molar-refractivity contribution < 1.29 is 5.11 Å². The second kappa shape index (κ2) is 4.97. The molecule has 1 N–H and O–H groups in total. The molecule has 1 heterocycles. The van der Waals surface area contributed by atoms with Gasteiger partial charge in [-0.3, -0.25) is 9.36 Å². The third-order valence-electron chi connectivity index (χ3n) is 2.79. The number of rotatable bonds is 3. The molecule has 0 spiro atoms. The number of pyridine rings is 1. The molecule has 88 valence electrons. The van der Waals surface area contributed by atoms with Crippen LogP contribution in [0.15, 0.2) is 47.4 Å². The normalized spacial score (nSPS) is 10.5. The van der Waals surface area contributed by atoms with Crippen LogP contribution in [0.2, 0.25) is 0 Å². The minimum atomic E-state index is -0.124. The average Bonchev–Trinajstić information content (AvgIpc) is 2.39. The highest BCUT2D eigenvalue weighted by atomic mass is 16.3. The van der Waals surface area contributed by atoms with Crippen molar-refractivity contribution in [2.75, 3.05) is 0 Å². The lowest BCUT2D eigenvalue weighted by atomic mass is 10.1. The van der Waals surface area contributed by atoms with Crippen LogP contribution in [0.25, 0.3) is 5.69 Å². The lowest BCUT2D eigenvalue weighted by molar-refractivity contribution is 0.281. The van der Waals surface area contributed by atoms with E-state index in [2.05, 4.69) is 6.92 Å². The first kappa shape index (κ1) is 11.6. The van der Waals surface area contributed by atoms with Gasteiger partial charge < -0.3 is 5.11 Å². The van der Waals surface area contributed by atoms with Crippen LogP contribution in [-0.4, -0.2) is 9.67 Å². The molecule has 0 aliphatic heterocycles. The Kier molecular flexibility index (Phi) is 3.40. The Morgan fingerprint density at radius 3 is 2.35 bits per heavy atom. The summed E-state index contributed by atoms with van der Waals surface area (Å²) in [6, 6.07) is 11.1. The van der Waals surface area contributed by atoms with Crippen LogP contribution < -0.4 is 5.56 Å². The first-order valence-electron chi connectivity index (χ1n) is 5.66. The molecule has 1 aromatic heterocycles. The van der Waals surface area contributed by atoms with Gasteiger partial charge in [0.2, 0.25) is 0 Å². The lowest BCUT2D eigenvalue weighted by Crippen LogP contribution is -2.17. The number of hydrogen-bond acceptors (Lipinski definition) is 2. The molecule has 0 aliphatic rings. The van der Waals surface area contributed by atoms with Gasteiger partial charge in [-0.1, -0.05) is 19.1 Å². The van der Waals surface area contributed by atoms with Gasteiger partial charge in [0.05, 0.1) is 6.61 Å². The number of aryl methyl sites for hydroxylation is 1. The Bertz CT molecular complexity index is 555. The number of nitrogens with zero attached hydrogens (tertiary/aromatic N) is 1. The zero-order chi connectivity index (χ0) is 12.3. The molecule has 0 amide bonds. The van der Waals surface area contributed by atoms with Crippen LogP contribution in [0.4, 0.5) is 0 Å². The van der Waals surface area contributed by atoms with Gasteiger partial charge in [-0.05, 0) is 35.7 Å². The summed E-state index contributed by atoms with van der Waals surface area (Å²) in [6.45, 7) is 1.99. The summed E-state index contributed by atoms with van der Waals surface area (Å²) >= 11 is 0. The lowest BCUT2D eigenvalue weighted by Gasteiger charge is -2.07. The van der Waals surface area contributed by atoms with E-state index < -0.39 is 0 Å². The van der Waals surface area contributed by atoms with Crippen molar-refractivity contribution >= 4 is 0 Å². The third kappa shape index (κ3) is 2.45. The molecular weight excluding hydrogens is 214 g/mol. The molecule has 0 unspecified atom stereocenters. The smallest absolute Gasteiger partial charge is 0.255 e. The van der Waals surface area contributed by atoms with Gasteiger partial charge >= 0.3 is 0 Å². The second-order valence-electron chi connectivity index (χ2n) is 3.92. The zero-order valence-corrected chi connectivity index (χ0v) is 9.76. The minimum Gasteiger partial charge on any atom is -0.392 e. The van der Waals surface area contributed by atoms with Crippen LogP contribution in [0, 0.1) is 0 Å². The van der Waals surface area contributed by atoms with Gasteiger partial charge in [0.25, 0.3) is 5.56 Å². The Morgan fingerprint density at radius 2 is 1.82 bits per heavy atom. The standard InChI is InChI=1S/C14H15NO2/c1-2-11-3-5-13(6-4-11)15-8-7-12(10-16)9-14(15)17/h3-9,16H,2,10H2,1H3. The fourth-order valence-corrected chi connectivity index (χ4v) is 1.72. The van der Waals surface area contributed by atoms with Gasteiger partial charge in [-0.25, -0.2) is 0 Å². The average molecular weight is 229 g/mol. The topological polar surface area (TPSA) is 42.2 Å². The molecule has 2 rings (SSSR count). The summed E-state index contributed by atoms with van der Waals surface area (Å²) in [5, 5.41) is 8.94. The van der Waals surface area contributed by atoms with Gasteiger partial charge in [0.15, 0.2) is 0 Å². The van der Waals surface area contributed by atoms with Crippen molar-refractivity contribution in [1.82, 2.24) is 4.57 Å². The predicted molar refractivity (Wildman–Crippen MR) is 67.3 cm³/mol. The summed E-state index contributed by atoms with van der Waals surface area (Å²) < 4.78 is 1.57. The molecule has 1 aromatic carbocycles. The SMILES string of the molecule is CCc1ccc(-n2ccc(CO)cc2=O)cc1. The Balaban J connectivity index is 2.42. The van der Waals surface area contributed by atoms with Crippen molar-refractivity contribution in [1.29, 1.82) is 0 Å². The van der Waals surface area contributed by atoms with Crippen LogP contribution >= 0.6 is 0 Å². The van der Waals surface area contributed by atoms with E-state index in [0.29, 0.717) is 5.56 Å². The molecule has 0 aliphatic carbocycles. The quantitative estimate of drug-likeness (QED) is 0.873. The zero-order valence-electron chi connectivity index (χ0n) is 9.76. The van der Waals surface area contributed by atoms with E-state index in [1.165, 1.54) is 11.6 Å². The predicted octanol–water partition coefficient (Wildman–Crippen LogP) is 1.89. The number of aliphatic hydroxyl groups is 1. The monoisotopic (exact) mass is 229 g/mol. The Labute approximate surface area is 100.0 Å². The van der Waals surface area contributed by atoms with E-state index in [4.69, 9.17) is 5.11 Å². The number of aliphatic hydroxyl groups excluding tert-OH is 1. The van der Waals surface area contributed by atoms with Crippen molar-refractivity contribution in [2.45, 2.75) is 20.0 Å². The van der Waals surface area contributed by atoms with Crippen LogP contribution in [0.5, 0.6) is 0 Å².